The van der Waals surface area contributed by atoms with Gasteiger partial charge in [-0.05, 0) is 29.6 Å². The van der Waals surface area contributed by atoms with Crippen molar-refractivity contribution in [3.63, 3.8) is 0 Å². The predicted octanol–water partition coefficient (Wildman–Crippen LogP) is 3.72. The SMILES string of the molecule is NC(=S)c1ccc(Br)cc1OCc1cccs1. The fraction of sp³-hybridized carbons (Fsp3) is 0.0833. The summed E-state index contributed by atoms with van der Waals surface area (Å²) in [7, 11) is 0. The van der Waals surface area contributed by atoms with Crippen LogP contribution >= 0.6 is 39.5 Å². The molecule has 1 heterocycles. The van der Waals surface area contributed by atoms with Crippen LogP contribution in [0.2, 0.25) is 0 Å². The van der Waals surface area contributed by atoms with Gasteiger partial charge >= 0.3 is 0 Å². The molecule has 1 aromatic carbocycles. The zero-order valence-electron chi connectivity index (χ0n) is 8.85. The highest BCUT2D eigenvalue weighted by atomic mass is 79.9. The van der Waals surface area contributed by atoms with Crippen molar-refractivity contribution in [3.8, 4) is 5.75 Å². The van der Waals surface area contributed by atoms with Gasteiger partial charge in [0.05, 0.1) is 5.56 Å². The lowest BCUT2D eigenvalue weighted by atomic mass is 10.2. The van der Waals surface area contributed by atoms with E-state index in [9.17, 15) is 0 Å². The highest BCUT2D eigenvalue weighted by Crippen LogP contribution is 2.25. The van der Waals surface area contributed by atoms with Gasteiger partial charge in [-0.1, -0.05) is 34.2 Å². The zero-order valence-corrected chi connectivity index (χ0v) is 12.1. The molecule has 0 atom stereocenters. The van der Waals surface area contributed by atoms with Crippen LogP contribution in [0, 0.1) is 0 Å². The smallest absolute Gasteiger partial charge is 0.131 e. The van der Waals surface area contributed by atoms with E-state index in [0.717, 1.165) is 10.0 Å². The molecule has 0 saturated heterocycles. The summed E-state index contributed by atoms with van der Waals surface area (Å²) in [5, 5.41) is 2.02. The molecule has 5 heteroatoms. The number of thiocarbonyl (C=S) groups is 1. The Hall–Kier alpha value is -0.910. The van der Waals surface area contributed by atoms with E-state index in [0.29, 0.717) is 17.3 Å². The minimum Gasteiger partial charge on any atom is -0.487 e. The average molecular weight is 328 g/mol. The number of thiophene rings is 1. The number of nitrogens with two attached hydrogens (primary N) is 1. The van der Waals surface area contributed by atoms with Crippen LogP contribution in [0.1, 0.15) is 10.4 Å². The Morgan fingerprint density at radius 1 is 1.41 bits per heavy atom. The van der Waals surface area contributed by atoms with Crippen molar-refractivity contribution in [2.75, 3.05) is 0 Å². The van der Waals surface area contributed by atoms with Gasteiger partial charge in [-0.15, -0.1) is 11.3 Å². The highest BCUT2D eigenvalue weighted by molar-refractivity contribution is 9.10. The third-order valence-corrected chi connectivity index (χ3v) is 3.72. The van der Waals surface area contributed by atoms with Crippen LogP contribution in [-0.2, 0) is 6.61 Å². The van der Waals surface area contributed by atoms with Crippen LogP contribution in [0.15, 0.2) is 40.2 Å². The summed E-state index contributed by atoms with van der Waals surface area (Å²) in [4.78, 5) is 1.51. The summed E-state index contributed by atoms with van der Waals surface area (Å²) in [6.07, 6.45) is 0. The summed E-state index contributed by atoms with van der Waals surface area (Å²) < 4.78 is 6.68. The van der Waals surface area contributed by atoms with Crippen molar-refractivity contribution in [2.24, 2.45) is 5.73 Å². The molecule has 0 aliphatic rings. The quantitative estimate of drug-likeness (QED) is 0.869. The van der Waals surface area contributed by atoms with Gasteiger partial charge in [0, 0.05) is 9.35 Å². The summed E-state index contributed by atoms with van der Waals surface area (Å²) in [5.74, 6) is 0.709. The van der Waals surface area contributed by atoms with E-state index >= 15 is 0 Å². The largest absolute Gasteiger partial charge is 0.487 e. The minimum absolute atomic E-state index is 0.346. The molecule has 0 fully saturated rings. The van der Waals surface area contributed by atoms with E-state index in [1.165, 1.54) is 4.88 Å². The number of halogens is 1. The summed E-state index contributed by atoms with van der Waals surface area (Å²) in [6.45, 7) is 0.531. The van der Waals surface area contributed by atoms with Gasteiger partial charge in [0.1, 0.15) is 17.3 Å². The van der Waals surface area contributed by atoms with E-state index in [4.69, 9.17) is 22.7 Å². The van der Waals surface area contributed by atoms with Crippen LogP contribution < -0.4 is 10.5 Å². The van der Waals surface area contributed by atoms with Crippen LogP contribution in [0.25, 0.3) is 0 Å². The third-order valence-electron chi connectivity index (χ3n) is 2.16. The Balaban J connectivity index is 2.19. The summed E-state index contributed by atoms with van der Waals surface area (Å²) >= 11 is 10.1. The molecule has 0 amide bonds. The molecule has 0 bridgehead atoms. The molecule has 2 nitrogen and oxygen atoms in total. The van der Waals surface area contributed by atoms with Gasteiger partial charge in [0.25, 0.3) is 0 Å². The van der Waals surface area contributed by atoms with Crippen molar-refractivity contribution in [1.82, 2.24) is 0 Å². The van der Waals surface area contributed by atoms with E-state index in [1.807, 2.05) is 35.7 Å². The van der Waals surface area contributed by atoms with Gasteiger partial charge in [0.2, 0.25) is 0 Å². The van der Waals surface area contributed by atoms with Gasteiger partial charge in [-0.2, -0.15) is 0 Å². The molecule has 0 aliphatic heterocycles. The Morgan fingerprint density at radius 3 is 2.88 bits per heavy atom. The summed E-state index contributed by atoms with van der Waals surface area (Å²) in [6, 6.07) is 9.66. The number of rotatable bonds is 4. The van der Waals surface area contributed by atoms with E-state index in [1.54, 1.807) is 11.3 Å². The number of ether oxygens (including phenoxy) is 1. The Labute approximate surface area is 118 Å². The van der Waals surface area contributed by atoms with Gasteiger partial charge < -0.3 is 10.5 Å². The molecule has 0 spiro atoms. The van der Waals surface area contributed by atoms with Gasteiger partial charge in [0.15, 0.2) is 0 Å². The molecule has 0 unspecified atom stereocenters. The normalized spacial score (nSPS) is 10.2. The molecule has 2 aromatic rings. The van der Waals surface area contributed by atoms with Crippen molar-refractivity contribution < 1.29 is 4.74 Å². The summed E-state index contributed by atoms with van der Waals surface area (Å²) in [5.41, 5.74) is 6.42. The third kappa shape index (κ3) is 3.28. The maximum atomic E-state index is 5.74. The van der Waals surface area contributed by atoms with Crippen molar-refractivity contribution in [3.05, 3.63) is 50.6 Å². The molecule has 1 aromatic heterocycles. The first-order valence-corrected chi connectivity index (χ1v) is 6.99. The Morgan fingerprint density at radius 2 is 2.24 bits per heavy atom. The van der Waals surface area contributed by atoms with Crippen molar-refractivity contribution >= 4 is 44.5 Å². The second kappa shape index (κ2) is 5.62. The molecule has 17 heavy (non-hydrogen) atoms. The lowest BCUT2D eigenvalue weighted by Crippen LogP contribution is -2.11. The maximum Gasteiger partial charge on any atom is 0.131 e. The molecule has 0 aliphatic carbocycles. The fourth-order valence-corrected chi connectivity index (χ4v) is 2.49. The minimum atomic E-state index is 0.346. The van der Waals surface area contributed by atoms with Gasteiger partial charge in [-0.3, -0.25) is 0 Å². The van der Waals surface area contributed by atoms with Gasteiger partial charge in [-0.25, -0.2) is 0 Å². The van der Waals surface area contributed by atoms with Crippen molar-refractivity contribution in [1.29, 1.82) is 0 Å². The lowest BCUT2D eigenvalue weighted by Gasteiger charge is -2.10. The first-order chi connectivity index (χ1) is 8.16. The second-order valence-electron chi connectivity index (χ2n) is 3.37. The Kier molecular flexibility index (Phi) is 4.15. The first-order valence-electron chi connectivity index (χ1n) is 4.91. The second-order valence-corrected chi connectivity index (χ2v) is 5.76. The standard InChI is InChI=1S/C12H10BrNOS2/c13-8-3-4-10(12(14)16)11(6-8)15-7-9-2-1-5-17-9/h1-6H,7H2,(H2,14,16). The highest BCUT2D eigenvalue weighted by Gasteiger charge is 2.07. The number of benzene rings is 1. The molecule has 2 rings (SSSR count). The maximum absolute atomic E-state index is 5.74. The van der Waals surface area contributed by atoms with E-state index in [-0.39, 0.29) is 0 Å². The Bertz CT molecular complexity index is 525. The zero-order chi connectivity index (χ0) is 12.3. The fourth-order valence-electron chi connectivity index (χ4n) is 1.36. The number of hydrogen-bond acceptors (Lipinski definition) is 3. The van der Waals surface area contributed by atoms with Crippen LogP contribution in [-0.4, -0.2) is 4.99 Å². The van der Waals surface area contributed by atoms with E-state index < -0.39 is 0 Å². The first kappa shape index (κ1) is 12.5. The molecule has 2 N–H and O–H groups in total. The average Bonchev–Trinajstić information content (AvgIpc) is 2.78. The predicted molar refractivity (Wildman–Crippen MR) is 78.7 cm³/mol. The van der Waals surface area contributed by atoms with Crippen LogP contribution in [0.3, 0.4) is 0 Å². The topological polar surface area (TPSA) is 35.2 Å². The monoisotopic (exact) mass is 327 g/mol. The molecule has 0 radical (unpaired) electrons. The molecular formula is C12H10BrNOS2. The van der Waals surface area contributed by atoms with Crippen LogP contribution in [0.5, 0.6) is 5.75 Å². The number of hydrogen-bond donors (Lipinski definition) is 1. The molecule has 0 saturated carbocycles. The molecular weight excluding hydrogens is 318 g/mol. The lowest BCUT2D eigenvalue weighted by molar-refractivity contribution is 0.309. The van der Waals surface area contributed by atoms with Crippen LogP contribution in [0.4, 0.5) is 0 Å². The molecule has 88 valence electrons. The van der Waals surface area contributed by atoms with Crippen molar-refractivity contribution in [2.45, 2.75) is 6.61 Å². The van der Waals surface area contributed by atoms with E-state index in [2.05, 4.69) is 15.9 Å².